The van der Waals surface area contributed by atoms with Crippen LogP contribution in [0.25, 0.3) is 11.3 Å². The number of thioether (sulfide) groups is 1. The van der Waals surface area contributed by atoms with E-state index in [1.54, 1.807) is 11.3 Å². The van der Waals surface area contributed by atoms with Crippen molar-refractivity contribution in [2.45, 2.75) is 31.7 Å². The van der Waals surface area contributed by atoms with E-state index in [1.165, 1.54) is 18.9 Å². The second kappa shape index (κ2) is 8.09. The number of nitriles is 1. The Kier molecular flexibility index (Phi) is 6.13. The Morgan fingerprint density at radius 2 is 2.22 bits per heavy atom. The van der Waals surface area contributed by atoms with Crippen LogP contribution < -0.4 is 0 Å². The zero-order valence-electron chi connectivity index (χ0n) is 13.3. The maximum atomic E-state index is 11.1. The third kappa shape index (κ3) is 4.53. The summed E-state index contributed by atoms with van der Waals surface area (Å²) in [5.74, 6) is 0.496. The first-order chi connectivity index (χ1) is 11.0. The zero-order valence-corrected chi connectivity index (χ0v) is 14.9. The SMILES string of the molecule is COC(=O)CCCSc1nc(C)c(-c2csc(C)n2)cc1C#N. The summed E-state index contributed by atoms with van der Waals surface area (Å²) in [5, 5.41) is 13.0. The Bertz CT molecular complexity index is 750. The molecule has 0 aliphatic heterocycles. The number of methoxy groups -OCH3 is 1. The van der Waals surface area contributed by atoms with E-state index in [0.717, 1.165) is 22.0 Å². The van der Waals surface area contributed by atoms with E-state index >= 15 is 0 Å². The van der Waals surface area contributed by atoms with Gasteiger partial charge in [0, 0.05) is 28.8 Å². The van der Waals surface area contributed by atoms with Crippen LogP contribution in [0, 0.1) is 25.2 Å². The van der Waals surface area contributed by atoms with Gasteiger partial charge in [-0.05, 0) is 26.3 Å². The van der Waals surface area contributed by atoms with Gasteiger partial charge in [-0.3, -0.25) is 4.79 Å². The van der Waals surface area contributed by atoms with Crippen molar-refractivity contribution in [2.75, 3.05) is 12.9 Å². The van der Waals surface area contributed by atoms with Gasteiger partial charge >= 0.3 is 5.97 Å². The number of hydrogen-bond acceptors (Lipinski definition) is 7. The number of carbonyl (C=O) groups excluding carboxylic acids is 1. The molecule has 0 saturated carbocycles. The summed E-state index contributed by atoms with van der Waals surface area (Å²) in [6.45, 7) is 3.87. The van der Waals surface area contributed by atoms with E-state index in [1.807, 2.05) is 25.3 Å². The molecule has 0 aliphatic carbocycles. The third-order valence-electron chi connectivity index (χ3n) is 3.19. The molecule has 23 heavy (non-hydrogen) atoms. The molecule has 2 rings (SSSR count). The van der Waals surface area contributed by atoms with Gasteiger partial charge in [0.25, 0.3) is 0 Å². The largest absolute Gasteiger partial charge is 0.469 e. The van der Waals surface area contributed by atoms with Gasteiger partial charge in [-0.2, -0.15) is 5.26 Å². The number of hydrogen-bond donors (Lipinski definition) is 0. The standard InChI is InChI=1S/C16H17N3O2S2/c1-10-13(14-9-23-11(2)19-14)7-12(8-17)16(18-10)22-6-4-5-15(20)21-3/h7,9H,4-6H2,1-3H3. The minimum absolute atomic E-state index is 0.218. The van der Waals surface area contributed by atoms with Crippen LogP contribution in [-0.4, -0.2) is 28.8 Å². The molecule has 120 valence electrons. The van der Waals surface area contributed by atoms with Crippen molar-refractivity contribution < 1.29 is 9.53 Å². The van der Waals surface area contributed by atoms with Crippen LogP contribution >= 0.6 is 23.1 Å². The zero-order chi connectivity index (χ0) is 16.8. The van der Waals surface area contributed by atoms with Crippen LogP contribution in [0.5, 0.6) is 0 Å². The van der Waals surface area contributed by atoms with Gasteiger partial charge in [-0.1, -0.05) is 0 Å². The van der Waals surface area contributed by atoms with Crippen LogP contribution in [0.2, 0.25) is 0 Å². The van der Waals surface area contributed by atoms with Gasteiger partial charge < -0.3 is 4.74 Å². The molecule has 0 amide bonds. The molecule has 2 aromatic heterocycles. The molecule has 7 heteroatoms. The molecular formula is C16H17N3O2S2. The fraction of sp³-hybridized carbons (Fsp3) is 0.375. The van der Waals surface area contributed by atoms with Crippen LogP contribution in [0.4, 0.5) is 0 Å². The van der Waals surface area contributed by atoms with Crippen LogP contribution in [0.1, 0.15) is 29.1 Å². The highest BCUT2D eigenvalue weighted by Crippen LogP contribution is 2.29. The highest BCUT2D eigenvalue weighted by molar-refractivity contribution is 7.99. The lowest BCUT2D eigenvalue weighted by atomic mass is 10.1. The molecule has 0 aliphatic rings. The average Bonchev–Trinajstić information content (AvgIpc) is 2.97. The summed E-state index contributed by atoms with van der Waals surface area (Å²) in [7, 11) is 1.38. The van der Waals surface area contributed by atoms with Gasteiger partial charge in [0.1, 0.15) is 11.1 Å². The fourth-order valence-electron chi connectivity index (χ4n) is 2.01. The van der Waals surface area contributed by atoms with E-state index < -0.39 is 0 Å². The van der Waals surface area contributed by atoms with Gasteiger partial charge in [0.05, 0.1) is 23.4 Å². The highest BCUT2D eigenvalue weighted by atomic mass is 32.2. The minimum Gasteiger partial charge on any atom is -0.469 e. The van der Waals surface area contributed by atoms with E-state index in [9.17, 15) is 10.1 Å². The number of aromatic nitrogens is 2. The van der Waals surface area contributed by atoms with Gasteiger partial charge in [-0.25, -0.2) is 9.97 Å². The molecule has 0 N–H and O–H groups in total. The number of aryl methyl sites for hydroxylation is 2. The van der Waals surface area contributed by atoms with Crippen LogP contribution in [0.3, 0.4) is 0 Å². The number of pyridine rings is 1. The monoisotopic (exact) mass is 347 g/mol. The van der Waals surface area contributed by atoms with Crippen LogP contribution in [0.15, 0.2) is 16.5 Å². The van der Waals surface area contributed by atoms with Gasteiger partial charge in [0.2, 0.25) is 0 Å². The smallest absolute Gasteiger partial charge is 0.305 e. The lowest BCUT2D eigenvalue weighted by molar-refractivity contribution is -0.140. The first-order valence-corrected chi connectivity index (χ1v) is 8.95. The lowest BCUT2D eigenvalue weighted by Crippen LogP contribution is -2.00. The molecule has 0 fully saturated rings. The molecule has 0 unspecified atom stereocenters. The van der Waals surface area contributed by atoms with Crippen molar-refractivity contribution in [3.8, 4) is 17.3 Å². The first kappa shape index (κ1) is 17.4. The fourth-order valence-corrected chi connectivity index (χ4v) is 3.56. The Labute approximate surface area is 143 Å². The summed E-state index contributed by atoms with van der Waals surface area (Å²) < 4.78 is 4.61. The molecule has 0 radical (unpaired) electrons. The van der Waals surface area contributed by atoms with Crippen LogP contribution in [-0.2, 0) is 9.53 Å². The minimum atomic E-state index is -0.218. The molecule has 5 nitrogen and oxygen atoms in total. The van der Waals surface area contributed by atoms with Gasteiger partial charge in [-0.15, -0.1) is 23.1 Å². The summed E-state index contributed by atoms with van der Waals surface area (Å²) in [4.78, 5) is 20.1. The number of ether oxygens (including phenoxy) is 1. The van der Waals surface area contributed by atoms with Crippen molar-refractivity contribution in [3.63, 3.8) is 0 Å². The maximum Gasteiger partial charge on any atom is 0.305 e. The van der Waals surface area contributed by atoms with E-state index in [2.05, 4.69) is 20.8 Å². The molecule has 2 aromatic rings. The third-order valence-corrected chi connectivity index (χ3v) is 5.04. The normalized spacial score (nSPS) is 10.3. The summed E-state index contributed by atoms with van der Waals surface area (Å²) in [6.07, 6.45) is 1.07. The molecule has 0 aromatic carbocycles. The predicted molar refractivity (Wildman–Crippen MR) is 91.5 cm³/mol. The number of nitrogens with zero attached hydrogens (tertiary/aromatic N) is 3. The van der Waals surface area contributed by atoms with Crippen molar-refractivity contribution in [2.24, 2.45) is 0 Å². The Morgan fingerprint density at radius 1 is 1.43 bits per heavy atom. The summed E-state index contributed by atoms with van der Waals surface area (Å²) >= 11 is 3.06. The average molecular weight is 347 g/mol. The summed E-state index contributed by atoms with van der Waals surface area (Å²) in [5.41, 5.74) is 3.14. The lowest BCUT2D eigenvalue weighted by Gasteiger charge is -2.08. The maximum absolute atomic E-state index is 11.1. The Morgan fingerprint density at radius 3 is 2.83 bits per heavy atom. The second-order valence-electron chi connectivity index (χ2n) is 4.87. The molecular weight excluding hydrogens is 330 g/mol. The number of thiazole rings is 1. The summed E-state index contributed by atoms with van der Waals surface area (Å²) in [6, 6.07) is 4.05. The van der Waals surface area contributed by atoms with Gasteiger partial charge in [0.15, 0.2) is 0 Å². The topological polar surface area (TPSA) is 75.9 Å². The Hall–Kier alpha value is -1.91. The van der Waals surface area contributed by atoms with E-state index in [0.29, 0.717) is 29.2 Å². The van der Waals surface area contributed by atoms with Crippen molar-refractivity contribution >= 4 is 29.1 Å². The van der Waals surface area contributed by atoms with E-state index in [4.69, 9.17) is 0 Å². The molecule has 0 saturated heterocycles. The quantitative estimate of drug-likeness (QED) is 0.450. The number of esters is 1. The Balaban J connectivity index is 2.14. The highest BCUT2D eigenvalue weighted by Gasteiger charge is 2.13. The molecule has 0 spiro atoms. The van der Waals surface area contributed by atoms with E-state index in [-0.39, 0.29) is 5.97 Å². The molecule has 2 heterocycles. The number of rotatable bonds is 6. The molecule has 0 bridgehead atoms. The number of carbonyl (C=O) groups is 1. The predicted octanol–water partition coefficient (Wildman–Crippen LogP) is 3.74. The van der Waals surface area contributed by atoms with Crippen molar-refractivity contribution in [3.05, 3.63) is 27.7 Å². The second-order valence-corrected chi connectivity index (χ2v) is 7.01. The molecule has 0 atom stereocenters. The van der Waals surface area contributed by atoms with Crippen molar-refractivity contribution in [1.82, 2.24) is 9.97 Å². The first-order valence-electron chi connectivity index (χ1n) is 7.09. The van der Waals surface area contributed by atoms with Crippen molar-refractivity contribution in [1.29, 1.82) is 5.26 Å².